The summed E-state index contributed by atoms with van der Waals surface area (Å²) >= 11 is 0. The maximum atomic E-state index is 11.3. The van der Waals surface area contributed by atoms with E-state index < -0.39 is 0 Å². The Kier molecular flexibility index (Phi) is 5.56. The van der Waals surface area contributed by atoms with Crippen molar-refractivity contribution in [1.29, 1.82) is 0 Å². The molecule has 5 heteroatoms. The van der Waals surface area contributed by atoms with Gasteiger partial charge in [-0.3, -0.25) is 9.69 Å². The first-order valence-corrected chi connectivity index (χ1v) is 9.55. The van der Waals surface area contributed by atoms with Gasteiger partial charge in [0.25, 0.3) is 0 Å². The van der Waals surface area contributed by atoms with Crippen LogP contribution in [-0.2, 0) is 9.53 Å². The van der Waals surface area contributed by atoms with Gasteiger partial charge in [-0.05, 0) is 51.8 Å². The van der Waals surface area contributed by atoms with Gasteiger partial charge < -0.3 is 14.6 Å². The first-order valence-electron chi connectivity index (χ1n) is 9.55. The van der Waals surface area contributed by atoms with E-state index in [2.05, 4.69) is 66.0 Å². The van der Waals surface area contributed by atoms with E-state index in [0.717, 1.165) is 18.8 Å². The van der Waals surface area contributed by atoms with Gasteiger partial charge in [-0.15, -0.1) is 0 Å². The molecule has 142 valence electrons. The van der Waals surface area contributed by atoms with Gasteiger partial charge in [0, 0.05) is 48.5 Å². The number of benzene rings is 1. The second-order valence-corrected chi connectivity index (χ2v) is 8.10. The summed E-state index contributed by atoms with van der Waals surface area (Å²) in [5.74, 6) is -0.187. The molecular formula is C21H31N3O2. The number of nitrogens with zero attached hydrogens (tertiary/aromatic N) is 2. The molecule has 0 amide bonds. The Labute approximate surface area is 156 Å². The van der Waals surface area contributed by atoms with Crippen molar-refractivity contribution < 1.29 is 9.53 Å². The maximum absolute atomic E-state index is 11.3. The molecule has 26 heavy (non-hydrogen) atoms. The summed E-state index contributed by atoms with van der Waals surface area (Å²) in [6, 6.07) is 9.09. The lowest BCUT2D eigenvalue weighted by Gasteiger charge is -2.41. The van der Waals surface area contributed by atoms with Gasteiger partial charge >= 0.3 is 5.97 Å². The molecule has 3 rings (SSSR count). The topological polar surface area (TPSA) is 46.5 Å². The first kappa shape index (κ1) is 18.8. The third-order valence-corrected chi connectivity index (χ3v) is 5.44. The molecule has 0 saturated carbocycles. The molecule has 1 fully saturated rings. The maximum Gasteiger partial charge on any atom is 0.307 e. The Bertz CT molecular complexity index is 752. The number of rotatable bonds is 5. The zero-order valence-electron chi connectivity index (χ0n) is 16.4. The monoisotopic (exact) mass is 357 g/mol. The average Bonchev–Trinajstić information content (AvgIpc) is 3.06. The largest absolute Gasteiger partial charge is 0.469 e. The van der Waals surface area contributed by atoms with Gasteiger partial charge in [-0.25, -0.2) is 0 Å². The van der Waals surface area contributed by atoms with Gasteiger partial charge in [0.15, 0.2) is 0 Å². The lowest BCUT2D eigenvalue weighted by Crippen LogP contribution is -2.46. The Morgan fingerprint density at radius 1 is 1.23 bits per heavy atom. The lowest BCUT2D eigenvalue weighted by atomic mass is 9.98. The van der Waals surface area contributed by atoms with Crippen LogP contribution in [0, 0.1) is 0 Å². The number of ether oxygens (including phenoxy) is 1. The molecule has 0 aliphatic carbocycles. The Morgan fingerprint density at radius 3 is 2.62 bits per heavy atom. The molecule has 0 bridgehead atoms. The van der Waals surface area contributed by atoms with Crippen LogP contribution in [0.1, 0.15) is 46.1 Å². The fourth-order valence-corrected chi connectivity index (χ4v) is 3.88. The highest BCUT2D eigenvalue weighted by Crippen LogP contribution is 2.32. The number of esters is 1. The molecular weight excluding hydrogens is 326 g/mol. The van der Waals surface area contributed by atoms with Crippen LogP contribution in [0.5, 0.6) is 0 Å². The van der Waals surface area contributed by atoms with Crippen LogP contribution in [0.3, 0.4) is 0 Å². The Hall–Kier alpha value is -2.01. The molecule has 0 radical (unpaired) electrons. The normalized spacial score (nSPS) is 16.8. The number of carbonyl (C=O) groups is 1. The van der Waals surface area contributed by atoms with Gasteiger partial charge in [-0.1, -0.05) is 6.07 Å². The van der Waals surface area contributed by atoms with E-state index in [-0.39, 0.29) is 11.5 Å². The minimum atomic E-state index is -0.187. The van der Waals surface area contributed by atoms with E-state index in [0.29, 0.717) is 19.0 Å². The number of aromatic nitrogens is 1. The number of nitrogens with one attached hydrogen (secondary N) is 1. The van der Waals surface area contributed by atoms with E-state index in [1.165, 1.54) is 30.9 Å². The van der Waals surface area contributed by atoms with Crippen molar-refractivity contribution in [2.24, 2.45) is 0 Å². The van der Waals surface area contributed by atoms with Gasteiger partial charge in [0.05, 0.1) is 19.0 Å². The molecule has 1 N–H and O–H groups in total. The minimum absolute atomic E-state index is 0.187. The summed E-state index contributed by atoms with van der Waals surface area (Å²) in [4.78, 5) is 13.9. The number of hydrogen-bond donors (Lipinski definition) is 1. The highest BCUT2D eigenvalue weighted by molar-refractivity contribution is 5.92. The summed E-state index contributed by atoms with van der Waals surface area (Å²) in [5, 5.41) is 4.59. The summed E-state index contributed by atoms with van der Waals surface area (Å²) < 4.78 is 7.14. The van der Waals surface area contributed by atoms with Crippen molar-refractivity contribution in [3.05, 3.63) is 30.5 Å². The number of hydrogen-bond acceptors (Lipinski definition) is 4. The average molecular weight is 357 g/mol. The number of piperidine rings is 1. The van der Waals surface area contributed by atoms with Crippen LogP contribution in [0.4, 0.5) is 5.69 Å². The molecule has 1 aliphatic rings. The third-order valence-electron chi connectivity index (χ3n) is 5.44. The van der Waals surface area contributed by atoms with E-state index in [1.807, 2.05) is 0 Å². The van der Waals surface area contributed by atoms with Crippen molar-refractivity contribution in [2.75, 3.05) is 32.1 Å². The molecule has 1 aromatic carbocycles. The predicted molar refractivity (Wildman–Crippen MR) is 107 cm³/mol. The summed E-state index contributed by atoms with van der Waals surface area (Å²) in [6.45, 7) is 9.76. The molecule has 0 unspecified atom stereocenters. The molecule has 1 aromatic heterocycles. The van der Waals surface area contributed by atoms with Gasteiger partial charge in [-0.2, -0.15) is 0 Å². The van der Waals surface area contributed by atoms with Crippen molar-refractivity contribution >= 4 is 22.6 Å². The smallest absolute Gasteiger partial charge is 0.307 e. The van der Waals surface area contributed by atoms with E-state index in [1.54, 1.807) is 0 Å². The van der Waals surface area contributed by atoms with Crippen LogP contribution in [-0.4, -0.2) is 47.7 Å². The van der Waals surface area contributed by atoms with Crippen molar-refractivity contribution in [1.82, 2.24) is 9.47 Å². The fraction of sp³-hybridized carbons (Fsp3) is 0.571. The third kappa shape index (κ3) is 4.04. The van der Waals surface area contributed by atoms with Gasteiger partial charge in [0.1, 0.15) is 0 Å². The Morgan fingerprint density at radius 2 is 1.96 bits per heavy atom. The van der Waals surface area contributed by atoms with Gasteiger partial charge in [0.2, 0.25) is 0 Å². The van der Waals surface area contributed by atoms with Crippen molar-refractivity contribution in [3.8, 4) is 0 Å². The minimum Gasteiger partial charge on any atom is -0.469 e. The molecule has 0 spiro atoms. The molecule has 2 aromatic rings. The van der Waals surface area contributed by atoms with E-state index in [9.17, 15) is 4.79 Å². The number of fused-ring (bicyclic) bond motifs is 1. The number of methoxy groups -OCH3 is 1. The molecule has 1 saturated heterocycles. The number of anilines is 1. The second-order valence-electron chi connectivity index (χ2n) is 8.10. The Balaban J connectivity index is 1.71. The van der Waals surface area contributed by atoms with Crippen molar-refractivity contribution in [3.63, 3.8) is 0 Å². The summed E-state index contributed by atoms with van der Waals surface area (Å²) in [6.07, 6.45) is 4.95. The zero-order valence-corrected chi connectivity index (χ0v) is 16.4. The highest BCUT2D eigenvalue weighted by Gasteiger charge is 2.28. The second kappa shape index (κ2) is 7.70. The zero-order chi connectivity index (χ0) is 18.7. The van der Waals surface area contributed by atoms with Crippen LogP contribution in [0.25, 0.3) is 10.9 Å². The van der Waals surface area contributed by atoms with Crippen LogP contribution in [0.15, 0.2) is 30.5 Å². The summed E-state index contributed by atoms with van der Waals surface area (Å²) in [5.41, 5.74) is 2.60. The lowest BCUT2D eigenvalue weighted by molar-refractivity contribution is -0.140. The molecule has 0 atom stereocenters. The van der Waals surface area contributed by atoms with Crippen LogP contribution >= 0.6 is 0 Å². The van der Waals surface area contributed by atoms with Crippen LogP contribution < -0.4 is 5.32 Å². The van der Waals surface area contributed by atoms with E-state index in [4.69, 9.17) is 4.74 Å². The number of carbonyl (C=O) groups excluding carboxylic acids is 1. The molecule has 5 nitrogen and oxygen atoms in total. The molecule has 2 heterocycles. The highest BCUT2D eigenvalue weighted by atomic mass is 16.5. The summed E-state index contributed by atoms with van der Waals surface area (Å²) in [7, 11) is 1.42. The first-order chi connectivity index (χ1) is 12.4. The van der Waals surface area contributed by atoms with E-state index >= 15 is 0 Å². The SMILES string of the molecule is COC(=O)CCNc1cccc2c1ccn2C1CCN(C(C)(C)C)CC1. The van der Waals surface area contributed by atoms with Crippen molar-refractivity contribution in [2.45, 2.75) is 51.6 Å². The fourth-order valence-electron chi connectivity index (χ4n) is 3.88. The van der Waals surface area contributed by atoms with Crippen LogP contribution in [0.2, 0.25) is 0 Å². The molecule has 1 aliphatic heterocycles. The standard InChI is InChI=1S/C21H31N3O2/c1-21(2,3)23-13-9-16(10-14-23)24-15-11-17-18(6-5-7-19(17)24)22-12-8-20(25)26-4/h5-7,11,15-16,22H,8-10,12-14H2,1-4H3. The predicted octanol–water partition coefficient (Wildman–Crippen LogP) is 4.05. The number of likely N-dealkylation sites (tertiary alicyclic amines) is 1. The quantitative estimate of drug-likeness (QED) is 0.820.